The molecule has 19 heavy (non-hydrogen) atoms. The van der Waals surface area contributed by atoms with E-state index in [0.29, 0.717) is 24.6 Å². The van der Waals surface area contributed by atoms with Crippen LogP contribution in [0.5, 0.6) is 0 Å². The smallest absolute Gasteiger partial charge is 0.257 e. The largest absolute Gasteiger partial charge is 0.468 e. The fourth-order valence-corrected chi connectivity index (χ4v) is 2.31. The van der Waals surface area contributed by atoms with E-state index in [0.717, 1.165) is 18.0 Å². The van der Waals surface area contributed by atoms with Crippen LogP contribution in [0.2, 0.25) is 0 Å². The summed E-state index contributed by atoms with van der Waals surface area (Å²) in [4.78, 5) is 14.2. The highest BCUT2D eigenvalue weighted by molar-refractivity contribution is 5.94. The first kappa shape index (κ1) is 12.0. The van der Waals surface area contributed by atoms with E-state index in [2.05, 4.69) is 5.10 Å². The van der Waals surface area contributed by atoms with E-state index in [4.69, 9.17) is 4.42 Å². The zero-order valence-corrected chi connectivity index (χ0v) is 11.2. The third-order valence-electron chi connectivity index (χ3n) is 3.46. The summed E-state index contributed by atoms with van der Waals surface area (Å²) in [6.07, 6.45) is 3.33. The van der Waals surface area contributed by atoms with Gasteiger partial charge in [0.2, 0.25) is 0 Å². The van der Waals surface area contributed by atoms with Crippen molar-refractivity contribution in [2.45, 2.75) is 32.9 Å². The molecule has 3 heterocycles. The standard InChI is InChI=1S/C14H17N3O2/c1-10(2)13-7-11(9-19-13)14(18)16-5-6-17-12(8-16)3-4-15-17/h3-4,7,9-10H,5-6,8H2,1-2H3. The molecule has 1 aliphatic rings. The van der Waals surface area contributed by atoms with Crippen LogP contribution in [-0.4, -0.2) is 27.1 Å². The number of fused-ring (bicyclic) bond motifs is 1. The Hall–Kier alpha value is -2.04. The van der Waals surface area contributed by atoms with Gasteiger partial charge in [-0.05, 0) is 12.1 Å². The third-order valence-corrected chi connectivity index (χ3v) is 3.46. The van der Waals surface area contributed by atoms with Gasteiger partial charge in [0.05, 0.1) is 24.3 Å². The number of rotatable bonds is 2. The maximum absolute atomic E-state index is 12.4. The summed E-state index contributed by atoms with van der Waals surface area (Å²) in [7, 11) is 0. The van der Waals surface area contributed by atoms with E-state index < -0.39 is 0 Å². The van der Waals surface area contributed by atoms with Crippen LogP contribution in [0.4, 0.5) is 0 Å². The summed E-state index contributed by atoms with van der Waals surface area (Å²) >= 11 is 0. The Bertz CT molecular complexity index is 597. The topological polar surface area (TPSA) is 51.3 Å². The monoisotopic (exact) mass is 259 g/mol. The van der Waals surface area contributed by atoms with Crippen molar-refractivity contribution in [3.63, 3.8) is 0 Å². The van der Waals surface area contributed by atoms with Gasteiger partial charge < -0.3 is 9.32 Å². The first-order chi connectivity index (χ1) is 9.15. The lowest BCUT2D eigenvalue weighted by molar-refractivity contribution is 0.0705. The molecule has 1 amide bonds. The number of hydrogen-bond donors (Lipinski definition) is 0. The van der Waals surface area contributed by atoms with Gasteiger partial charge in [0, 0.05) is 18.7 Å². The molecule has 1 aliphatic heterocycles. The van der Waals surface area contributed by atoms with Crippen LogP contribution >= 0.6 is 0 Å². The second kappa shape index (κ2) is 4.57. The maximum Gasteiger partial charge on any atom is 0.257 e. The van der Waals surface area contributed by atoms with Crippen LogP contribution < -0.4 is 0 Å². The number of aromatic nitrogens is 2. The van der Waals surface area contributed by atoms with Crippen molar-refractivity contribution in [2.24, 2.45) is 0 Å². The molecule has 0 aliphatic carbocycles. The summed E-state index contributed by atoms with van der Waals surface area (Å²) in [5, 5.41) is 4.21. The van der Waals surface area contributed by atoms with E-state index in [9.17, 15) is 4.79 Å². The predicted octanol–water partition coefficient (Wildman–Crippen LogP) is 2.26. The van der Waals surface area contributed by atoms with Crippen LogP contribution in [0.1, 0.15) is 41.6 Å². The highest BCUT2D eigenvalue weighted by Crippen LogP contribution is 2.20. The van der Waals surface area contributed by atoms with Gasteiger partial charge in [-0.25, -0.2) is 0 Å². The Labute approximate surface area is 111 Å². The summed E-state index contributed by atoms with van der Waals surface area (Å²) in [5.74, 6) is 1.18. The van der Waals surface area contributed by atoms with E-state index in [1.165, 1.54) is 0 Å². The quantitative estimate of drug-likeness (QED) is 0.831. The molecule has 100 valence electrons. The van der Waals surface area contributed by atoms with Crippen molar-refractivity contribution >= 4 is 5.91 Å². The Kier molecular flexibility index (Phi) is 2.89. The van der Waals surface area contributed by atoms with Crippen LogP contribution in [0.25, 0.3) is 0 Å². The molecule has 2 aromatic heterocycles. The molecule has 0 fully saturated rings. The molecule has 5 nitrogen and oxygen atoms in total. The lowest BCUT2D eigenvalue weighted by Gasteiger charge is -2.27. The van der Waals surface area contributed by atoms with Crippen molar-refractivity contribution < 1.29 is 9.21 Å². The lowest BCUT2D eigenvalue weighted by atomic mass is 10.1. The molecule has 0 aromatic carbocycles. The normalized spacial score (nSPS) is 14.8. The number of carbonyl (C=O) groups excluding carboxylic acids is 1. The molecule has 0 radical (unpaired) electrons. The first-order valence-corrected chi connectivity index (χ1v) is 6.53. The van der Waals surface area contributed by atoms with Gasteiger partial charge in [0.25, 0.3) is 5.91 Å². The van der Waals surface area contributed by atoms with E-state index in [1.54, 1.807) is 12.5 Å². The zero-order chi connectivity index (χ0) is 13.4. The van der Waals surface area contributed by atoms with Gasteiger partial charge in [0.15, 0.2) is 0 Å². The second-order valence-corrected chi connectivity index (χ2v) is 5.16. The average Bonchev–Trinajstić information content (AvgIpc) is 3.06. The number of amides is 1. The summed E-state index contributed by atoms with van der Waals surface area (Å²) in [5.41, 5.74) is 1.71. The van der Waals surface area contributed by atoms with Crippen molar-refractivity contribution in [1.29, 1.82) is 0 Å². The highest BCUT2D eigenvalue weighted by Gasteiger charge is 2.23. The number of carbonyl (C=O) groups is 1. The van der Waals surface area contributed by atoms with Gasteiger partial charge >= 0.3 is 0 Å². The minimum atomic E-state index is 0.0306. The average molecular weight is 259 g/mol. The van der Waals surface area contributed by atoms with Gasteiger partial charge in [-0.15, -0.1) is 0 Å². The predicted molar refractivity (Wildman–Crippen MR) is 69.8 cm³/mol. The summed E-state index contributed by atoms with van der Waals surface area (Å²) in [6.45, 7) is 6.15. The van der Waals surface area contributed by atoms with E-state index in [-0.39, 0.29) is 5.91 Å². The number of furan rings is 1. The van der Waals surface area contributed by atoms with Crippen LogP contribution in [-0.2, 0) is 13.1 Å². The van der Waals surface area contributed by atoms with Crippen molar-refractivity contribution in [1.82, 2.24) is 14.7 Å². The molecule has 5 heteroatoms. The molecular weight excluding hydrogens is 242 g/mol. The van der Waals surface area contributed by atoms with Crippen LogP contribution in [0, 0.1) is 0 Å². The first-order valence-electron chi connectivity index (χ1n) is 6.53. The van der Waals surface area contributed by atoms with E-state index in [1.807, 2.05) is 35.6 Å². The number of nitrogens with zero attached hydrogens (tertiary/aromatic N) is 3. The summed E-state index contributed by atoms with van der Waals surface area (Å²) in [6, 6.07) is 3.80. The molecule has 0 atom stereocenters. The van der Waals surface area contributed by atoms with Crippen LogP contribution in [0.15, 0.2) is 29.0 Å². The summed E-state index contributed by atoms with van der Waals surface area (Å²) < 4.78 is 7.37. The highest BCUT2D eigenvalue weighted by atomic mass is 16.3. The third kappa shape index (κ3) is 2.16. The number of hydrogen-bond acceptors (Lipinski definition) is 3. The molecule has 0 unspecified atom stereocenters. The molecule has 3 rings (SSSR count). The molecule has 0 saturated heterocycles. The Morgan fingerprint density at radius 3 is 3.00 bits per heavy atom. The molecule has 0 N–H and O–H groups in total. The van der Waals surface area contributed by atoms with Gasteiger partial charge in [0.1, 0.15) is 12.0 Å². The van der Waals surface area contributed by atoms with Gasteiger partial charge in [-0.1, -0.05) is 13.8 Å². The van der Waals surface area contributed by atoms with E-state index >= 15 is 0 Å². The SMILES string of the molecule is CC(C)c1cc(C(=O)N2CCn3nccc3C2)co1. The minimum Gasteiger partial charge on any atom is -0.468 e. The van der Waals surface area contributed by atoms with Gasteiger partial charge in [-0.3, -0.25) is 9.48 Å². The Morgan fingerprint density at radius 1 is 1.42 bits per heavy atom. The fourth-order valence-electron chi connectivity index (χ4n) is 2.31. The molecular formula is C14H17N3O2. The van der Waals surface area contributed by atoms with Crippen molar-refractivity contribution in [2.75, 3.05) is 6.54 Å². The Morgan fingerprint density at radius 2 is 2.26 bits per heavy atom. The molecule has 0 spiro atoms. The second-order valence-electron chi connectivity index (χ2n) is 5.16. The van der Waals surface area contributed by atoms with Crippen molar-refractivity contribution in [3.05, 3.63) is 41.6 Å². The molecule has 0 bridgehead atoms. The Balaban J connectivity index is 1.77. The molecule has 0 saturated carbocycles. The van der Waals surface area contributed by atoms with Gasteiger partial charge in [-0.2, -0.15) is 5.10 Å². The lowest BCUT2D eigenvalue weighted by Crippen LogP contribution is -2.38. The van der Waals surface area contributed by atoms with Crippen molar-refractivity contribution in [3.8, 4) is 0 Å². The molecule has 2 aromatic rings. The van der Waals surface area contributed by atoms with Crippen LogP contribution in [0.3, 0.4) is 0 Å². The zero-order valence-electron chi connectivity index (χ0n) is 11.2. The fraction of sp³-hybridized carbons (Fsp3) is 0.429. The maximum atomic E-state index is 12.4. The minimum absolute atomic E-state index is 0.0306.